The Morgan fingerprint density at radius 2 is 2.25 bits per heavy atom. The van der Waals surface area contributed by atoms with Crippen molar-refractivity contribution in [1.82, 2.24) is 10.3 Å². The van der Waals surface area contributed by atoms with Gasteiger partial charge in [0.25, 0.3) is 0 Å². The summed E-state index contributed by atoms with van der Waals surface area (Å²) >= 11 is 0. The molecule has 0 aliphatic carbocycles. The summed E-state index contributed by atoms with van der Waals surface area (Å²) in [6.07, 6.45) is 6.24. The molecule has 1 aromatic heterocycles. The number of carbonyl (C=O) groups is 1. The van der Waals surface area contributed by atoms with E-state index in [1.807, 2.05) is 12.1 Å². The Morgan fingerprint density at radius 1 is 1.50 bits per heavy atom. The number of aliphatic hydroxyl groups is 1. The van der Waals surface area contributed by atoms with Crippen molar-refractivity contribution in [3.05, 3.63) is 30.1 Å². The number of pyridine rings is 1. The fourth-order valence-corrected chi connectivity index (χ4v) is 1.87. The number of carbonyl (C=O) groups excluding carboxylic acids is 1. The topological polar surface area (TPSA) is 62.2 Å². The molecule has 0 fully saturated rings. The number of aryl methyl sites for hydroxylation is 1. The largest absolute Gasteiger partial charge is 0.388 e. The molecule has 1 amide bonds. The third-order valence-corrected chi connectivity index (χ3v) is 3.29. The lowest BCUT2D eigenvalue weighted by molar-refractivity contribution is -0.122. The molecule has 0 saturated heterocycles. The highest BCUT2D eigenvalue weighted by atomic mass is 16.3. The SMILES string of the molecule is CC(C)CCC(C)(O)CNC(=O)CCc1cccnc1. The monoisotopic (exact) mass is 278 g/mol. The first kappa shape index (κ1) is 16.6. The first-order valence-corrected chi connectivity index (χ1v) is 7.27. The van der Waals surface area contributed by atoms with Crippen LogP contribution in [0.4, 0.5) is 0 Å². The van der Waals surface area contributed by atoms with Gasteiger partial charge in [0, 0.05) is 25.4 Å². The Balaban J connectivity index is 2.25. The number of nitrogens with one attached hydrogen (secondary N) is 1. The average molecular weight is 278 g/mol. The molecular formula is C16H26N2O2. The van der Waals surface area contributed by atoms with Crippen LogP contribution in [0, 0.1) is 5.92 Å². The van der Waals surface area contributed by atoms with Crippen molar-refractivity contribution in [3.8, 4) is 0 Å². The lowest BCUT2D eigenvalue weighted by Crippen LogP contribution is -2.40. The smallest absolute Gasteiger partial charge is 0.220 e. The van der Waals surface area contributed by atoms with E-state index in [0.717, 1.165) is 12.0 Å². The van der Waals surface area contributed by atoms with E-state index in [9.17, 15) is 9.90 Å². The zero-order valence-electron chi connectivity index (χ0n) is 12.7. The molecule has 1 heterocycles. The molecule has 0 bridgehead atoms. The maximum Gasteiger partial charge on any atom is 0.220 e. The number of amides is 1. The van der Waals surface area contributed by atoms with E-state index in [2.05, 4.69) is 24.1 Å². The molecule has 1 rings (SSSR count). The molecule has 1 atom stereocenters. The maximum atomic E-state index is 11.8. The molecule has 0 aliphatic rings. The van der Waals surface area contributed by atoms with Crippen LogP contribution in [-0.2, 0) is 11.2 Å². The molecule has 2 N–H and O–H groups in total. The van der Waals surface area contributed by atoms with E-state index < -0.39 is 5.60 Å². The normalized spacial score (nSPS) is 14.1. The molecule has 0 radical (unpaired) electrons. The standard InChI is InChI=1S/C16H26N2O2/c1-13(2)8-9-16(3,20)12-18-15(19)7-6-14-5-4-10-17-11-14/h4-5,10-11,13,20H,6-9,12H2,1-3H3,(H,18,19). The Labute approximate surface area is 121 Å². The molecular weight excluding hydrogens is 252 g/mol. The van der Waals surface area contributed by atoms with E-state index in [1.54, 1.807) is 19.3 Å². The lowest BCUT2D eigenvalue weighted by Gasteiger charge is -2.24. The van der Waals surface area contributed by atoms with E-state index in [0.29, 0.717) is 31.7 Å². The van der Waals surface area contributed by atoms with Gasteiger partial charge < -0.3 is 10.4 Å². The van der Waals surface area contributed by atoms with Crippen molar-refractivity contribution in [1.29, 1.82) is 0 Å². The average Bonchev–Trinajstić information content (AvgIpc) is 2.42. The lowest BCUT2D eigenvalue weighted by atomic mass is 9.95. The Morgan fingerprint density at radius 3 is 2.85 bits per heavy atom. The molecule has 0 saturated carbocycles. The van der Waals surface area contributed by atoms with Gasteiger partial charge in [0.2, 0.25) is 5.91 Å². The van der Waals surface area contributed by atoms with Crippen LogP contribution >= 0.6 is 0 Å². The summed E-state index contributed by atoms with van der Waals surface area (Å²) in [4.78, 5) is 15.8. The van der Waals surface area contributed by atoms with E-state index in [4.69, 9.17) is 0 Å². The summed E-state index contributed by atoms with van der Waals surface area (Å²) < 4.78 is 0. The molecule has 1 unspecified atom stereocenters. The predicted molar refractivity (Wildman–Crippen MR) is 80.3 cm³/mol. The Hall–Kier alpha value is -1.42. The van der Waals surface area contributed by atoms with Crippen LogP contribution in [0.3, 0.4) is 0 Å². The minimum atomic E-state index is -0.825. The summed E-state index contributed by atoms with van der Waals surface area (Å²) in [6, 6.07) is 3.82. The summed E-state index contributed by atoms with van der Waals surface area (Å²) in [5.74, 6) is 0.529. The maximum absolute atomic E-state index is 11.8. The van der Waals surface area contributed by atoms with Crippen LogP contribution in [0.15, 0.2) is 24.5 Å². The quantitative estimate of drug-likeness (QED) is 0.767. The number of hydrogen-bond acceptors (Lipinski definition) is 3. The minimum absolute atomic E-state index is 0.0290. The van der Waals surface area contributed by atoms with E-state index in [-0.39, 0.29) is 5.91 Å². The Kier molecular flexibility index (Phi) is 6.65. The van der Waals surface area contributed by atoms with Gasteiger partial charge in [-0.05, 0) is 43.7 Å². The van der Waals surface area contributed by atoms with Gasteiger partial charge >= 0.3 is 0 Å². The number of aromatic nitrogens is 1. The van der Waals surface area contributed by atoms with Crippen molar-refractivity contribution in [2.24, 2.45) is 5.92 Å². The molecule has 20 heavy (non-hydrogen) atoms. The molecule has 0 aliphatic heterocycles. The number of rotatable bonds is 8. The van der Waals surface area contributed by atoms with Gasteiger partial charge in [-0.2, -0.15) is 0 Å². The zero-order valence-corrected chi connectivity index (χ0v) is 12.7. The minimum Gasteiger partial charge on any atom is -0.388 e. The highest BCUT2D eigenvalue weighted by molar-refractivity contribution is 5.76. The molecule has 4 nitrogen and oxygen atoms in total. The predicted octanol–water partition coefficient (Wildman–Crippen LogP) is 2.32. The second-order valence-electron chi connectivity index (χ2n) is 6.07. The van der Waals surface area contributed by atoms with Crippen LogP contribution in [0.2, 0.25) is 0 Å². The summed E-state index contributed by atoms with van der Waals surface area (Å²) in [5, 5.41) is 13.0. The van der Waals surface area contributed by atoms with Crippen molar-refractivity contribution in [2.45, 2.75) is 52.1 Å². The van der Waals surface area contributed by atoms with Crippen LogP contribution in [0.25, 0.3) is 0 Å². The summed E-state index contributed by atoms with van der Waals surface area (Å²) in [5.41, 5.74) is 0.225. The second-order valence-corrected chi connectivity index (χ2v) is 6.07. The van der Waals surface area contributed by atoms with Gasteiger partial charge in [-0.15, -0.1) is 0 Å². The summed E-state index contributed by atoms with van der Waals surface area (Å²) in [6.45, 7) is 6.34. The van der Waals surface area contributed by atoms with Crippen LogP contribution < -0.4 is 5.32 Å². The van der Waals surface area contributed by atoms with Crippen molar-refractivity contribution >= 4 is 5.91 Å². The number of hydrogen-bond donors (Lipinski definition) is 2. The molecule has 112 valence electrons. The third kappa shape index (κ3) is 7.24. The van der Waals surface area contributed by atoms with Gasteiger partial charge in [0.05, 0.1) is 5.60 Å². The van der Waals surface area contributed by atoms with Crippen LogP contribution in [0.5, 0.6) is 0 Å². The van der Waals surface area contributed by atoms with Gasteiger partial charge in [-0.3, -0.25) is 9.78 Å². The summed E-state index contributed by atoms with van der Waals surface area (Å²) in [7, 11) is 0. The van der Waals surface area contributed by atoms with Crippen molar-refractivity contribution < 1.29 is 9.90 Å². The Bertz CT molecular complexity index is 402. The first-order chi connectivity index (χ1) is 9.39. The highest BCUT2D eigenvalue weighted by Gasteiger charge is 2.21. The fraction of sp³-hybridized carbons (Fsp3) is 0.625. The third-order valence-electron chi connectivity index (χ3n) is 3.29. The van der Waals surface area contributed by atoms with E-state index in [1.165, 1.54) is 0 Å². The molecule has 0 spiro atoms. The first-order valence-electron chi connectivity index (χ1n) is 7.27. The van der Waals surface area contributed by atoms with Gasteiger partial charge in [-0.25, -0.2) is 0 Å². The highest BCUT2D eigenvalue weighted by Crippen LogP contribution is 2.15. The van der Waals surface area contributed by atoms with Gasteiger partial charge in [-0.1, -0.05) is 19.9 Å². The van der Waals surface area contributed by atoms with Crippen LogP contribution in [-0.4, -0.2) is 28.1 Å². The second kappa shape index (κ2) is 8.00. The van der Waals surface area contributed by atoms with Crippen molar-refractivity contribution in [3.63, 3.8) is 0 Å². The molecule has 0 aromatic carbocycles. The zero-order chi connectivity index (χ0) is 15.0. The van der Waals surface area contributed by atoms with Crippen LogP contribution in [0.1, 0.15) is 45.6 Å². The van der Waals surface area contributed by atoms with E-state index >= 15 is 0 Å². The number of nitrogens with zero attached hydrogens (tertiary/aromatic N) is 1. The molecule has 4 heteroatoms. The van der Waals surface area contributed by atoms with Crippen molar-refractivity contribution in [2.75, 3.05) is 6.54 Å². The molecule has 1 aromatic rings. The van der Waals surface area contributed by atoms with Gasteiger partial charge in [0.15, 0.2) is 0 Å². The van der Waals surface area contributed by atoms with Gasteiger partial charge in [0.1, 0.15) is 0 Å². The fourth-order valence-electron chi connectivity index (χ4n) is 1.87.